The van der Waals surface area contributed by atoms with Gasteiger partial charge in [0.25, 0.3) is 5.91 Å². The molecule has 0 bridgehead atoms. The van der Waals surface area contributed by atoms with E-state index in [1.54, 1.807) is 28.0 Å². The molecule has 3 aromatic rings. The van der Waals surface area contributed by atoms with Gasteiger partial charge in [0.1, 0.15) is 23.9 Å². The van der Waals surface area contributed by atoms with Crippen LogP contribution in [0.2, 0.25) is 0 Å². The summed E-state index contributed by atoms with van der Waals surface area (Å²) in [7, 11) is 0. The van der Waals surface area contributed by atoms with Gasteiger partial charge in [-0.3, -0.25) is 9.59 Å². The van der Waals surface area contributed by atoms with E-state index in [9.17, 15) is 14.0 Å². The lowest BCUT2D eigenvalue weighted by Crippen LogP contribution is -2.43. The number of halogens is 1. The normalized spacial score (nSPS) is 13.3. The van der Waals surface area contributed by atoms with Crippen LogP contribution < -0.4 is 0 Å². The Balaban J connectivity index is 1.52. The molecule has 0 spiro atoms. The average Bonchev–Trinajstić information content (AvgIpc) is 3.25. The number of aryl methyl sites for hydroxylation is 1. The van der Waals surface area contributed by atoms with Gasteiger partial charge >= 0.3 is 0 Å². The first kappa shape index (κ1) is 20.3. The summed E-state index contributed by atoms with van der Waals surface area (Å²) < 4.78 is 18.9. The molecule has 1 aliphatic carbocycles. The van der Waals surface area contributed by atoms with Gasteiger partial charge in [-0.2, -0.15) is 0 Å². The van der Waals surface area contributed by atoms with E-state index in [0.29, 0.717) is 17.2 Å². The van der Waals surface area contributed by atoms with E-state index in [-0.39, 0.29) is 36.8 Å². The molecule has 30 heavy (non-hydrogen) atoms. The topological polar surface area (TPSA) is 53.8 Å². The maximum Gasteiger partial charge on any atom is 0.264 e. The molecule has 0 N–H and O–H groups in total. The van der Waals surface area contributed by atoms with Gasteiger partial charge < -0.3 is 14.2 Å². The highest BCUT2D eigenvalue weighted by Crippen LogP contribution is 2.29. The number of rotatable bonds is 8. The predicted octanol–water partition coefficient (Wildman–Crippen LogP) is 4.62. The van der Waals surface area contributed by atoms with E-state index in [1.165, 1.54) is 23.5 Å². The fourth-order valence-electron chi connectivity index (χ4n) is 3.34. The highest BCUT2D eigenvalue weighted by Gasteiger charge is 2.35. The molecule has 1 aromatic carbocycles. The fraction of sp³-hybridized carbons (Fsp3) is 0.304. The van der Waals surface area contributed by atoms with E-state index in [1.807, 2.05) is 30.5 Å². The first-order chi connectivity index (χ1) is 14.5. The molecule has 5 nitrogen and oxygen atoms in total. The number of hydrogen-bond donors (Lipinski definition) is 0. The summed E-state index contributed by atoms with van der Waals surface area (Å²) in [6.45, 7) is 2.47. The van der Waals surface area contributed by atoms with Crippen molar-refractivity contribution in [3.63, 3.8) is 0 Å². The third-order valence-electron chi connectivity index (χ3n) is 5.07. The minimum Gasteiger partial charge on any atom is -0.464 e. The van der Waals surface area contributed by atoms with Crippen LogP contribution in [0.4, 0.5) is 4.39 Å². The average molecular weight is 427 g/mol. The van der Waals surface area contributed by atoms with Crippen molar-refractivity contribution in [3.8, 4) is 0 Å². The van der Waals surface area contributed by atoms with E-state index < -0.39 is 0 Å². The number of carbonyl (C=O) groups excluding carboxylic acids is 2. The van der Waals surface area contributed by atoms with Crippen molar-refractivity contribution in [3.05, 3.63) is 81.7 Å². The van der Waals surface area contributed by atoms with Crippen LogP contribution in [0.1, 0.15) is 39.6 Å². The SMILES string of the molecule is Cc1ccc(CN(Cc2ccc(F)cc2)C(=O)CN(C(=O)c2cccs2)C2CC2)o1. The first-order valence-corrected chi connectivity index (χ1v) is 10.8. The molecule has 1 aliphatic rings. The van der Waals surface area contributed by atoms with Crippen LogP contribution in [0.15, 0.2) is 58.3 Å². The molecule has 0 aliphatic heterocycles. The molecule has 156 valence electrons. The third-order valence-corrected chi connectivity index (χ3v) is 5.93. The monoisotopic (exact) mass is 426 g/mol. The van der Waals surface area contributed by atoms with Crippen molar-refractivity contribution in [2.75, 3.05) is 6.54 Å². The van der Waals surface area contributed by atoms with Crippen LogP contribution in [0.3, 0.4) is 0 Å². The Morgan fingerprint density at radius 3 is 2.47 bits per heavy atom. The summed E-state index contributed by atoms with van der Waals surface area (Å²) in [6.07, 6.45) is 1.83. The predicted molar refractivity (Wildman–Crippen MR) is 112 cm³/mol. The van der Waals surface area contributed by atoms with Gasteiger partial charge in [0.05, 0.1) is 11.4 Å². The summed E-state index contributed by atoms with van der Waals surface area (Å²) in [4.78, 5) is 30.1. The van der Waals surface area contributed by atoms with Crippen LogP contribution in [0.5, 0.6) is 0 Å². The zero-order valence-electron chi connectivity index (χ0n) is 16.7. The van der Waals surface area contributed by atoms with Crippen LogP contribution in [-0.2, 0) is 17.9 Å². The van der Waals surface area contributed by atoms with Crippen molar-refractivity contribution in [1.29, 1.82) is 0 Å². The van der Waals surface area contributed by atoms with Crippen molar-refractivity contribution < 1.29 is 18.4 Å². The van der Waals surface area contributed by atoms with E-state index >= 15 is 0 Å². The molecule has 1 saturated carbocycles. The molecule has 0 saturated heterocycles. The molecular formula is C23H23FN2O3S. The summed E-state index contributed by atoms with van der Waals surface area (Å²) in [5.74, 6) is 0.860. The summed E-state index contributed by atoms with van der Waals surface area (Å²) in [6, 6.07) is 13.5. The summed E-state index contributed by atoms with van der Waals surface area (Å²) >= 11 is 1.38. The molecule has 7 heteroatoms. The van der Waals surface area contributed by atoms with Crippen molar-refractivity contribution >= 4 is 23.2 Å². The number of thiophene rings is 1. The standard InChI is InChI=1S/C23H23FN2O3S/c1-16-4-11-20(29-16)14-25(13-17-5-7-18(24)8-6-17)22(27)15-26(19-9-10-19)23(28)21-3-2-12-30-21/h2-8,11-12,19H,9-10,13-15H2,1H3. The number of carbonyl (C=O) groups is 2. The Kier molecular flexibility index (Phi) is 5.99. The molecule has 0 unspecified atom stereocenters. The largest absolute Gasteiger partial charge is 0.464 e. The number of furan rings is 1. The number of benzene rings is 1. The summed E-state index contributed by atoms with van der Waals surface area (Å²) in [5, 5.41) is 1.86. The molecule has 4 rings (SSSR count). The lowest BCUT2D eigenvalue weighted by atomic mass is 10.2. The Labute approximate surface area is 178 Å². The van der Waals surface area contributed by atoms with Gasteiger partial charge in [-0.1, -0.05) is 18.2 Å². The second-order valence-electron chi connectivity index (χ2n) is 7.53. The van der Waals surface area contributed by atoms with Gasteiger partial charge in [0.15, 0.2) is 0 Å². The lowest BCUT2D eigenvalue weighted by molar-refractivity contribution is -0.133. The molecule has 1 fully saturated rings. The van der Waals surface area contributed by atoms with Gasteiger partial charge in [-0.15, -0.1) is 11.3 Å². The van der Waals surface area contributed by atoms with Gasteiger partial charge in [0.2, 0.25) is 5.91 Å². The minimum atomic E-state index is -0.320. The zero-order valence-corrected chi connectivity index (χ0v) is 17.5. The molecular weight excluding hydrogens is 403 g/mol. The van der Waals surface area contributed by atoms with Crippen molar-refractivity contribution in [2.45, 2.75) is 38.9 Å². The number of hydrogen-bond acceptors (Lipinski definition) is 4. The molecule has 0 atom stereocenters. The van der Waals surface area contributed by atoms with Crippen LogP contribution in [0.25, 0.3) is 0 Å². The van der Waals surface area contributed by atoms with Crippen molar-refractivity contribution in [2.24, 2.45) is 0 Å². The zero-order chi connectivity index (χ0) is 21.1. The first-order valence-electron chi connectivity index (χ1n) is 9.91. The maximum absolute atomic E-state index is 13.3. The lowest BCUT2D eigenvalue weighted by Gasteiger charge is -2.27. The quantitative estimate of drug-likeness (QED) is 0.528. The Hall–Kier alpha value is -2.93. The van der Waals surface area contributed by atoms with Crippen molar-refractivity contribution in [1.82, 2.24) is 9.80 Å². The van der Waals surface area contributed by atoms with E-state index in [4.69, 9.17) is 4.42 Å². The third kappa shape index (κ3) is 4.97. The fourth-order valence-corrected chi connectivity index (χ4v) is 4.02. The molecule has 2 amide bonds. The van der Waals surface area contributed by atoms with Gasteiger partial charge in [0, 0.05) is 12.6 Å². The Bertz CT molecular complexity index is 1010. The van der Waals surface area contributed by atoms with Gasteiger partial charge in [-0.25, -0.2) is 4.39 Å². The molecule has 2 aromatic heterocycles. The van der Waals surface area contributed by atoms with E-state index in [0.717, 1.165) is 24.2 Å². The second kappa shape index (κ2) is 8.83. The minimum absolute atomic E-state index is 0.0162. The molecule has 2 heterocycles. The Morgan fingerprint density at radius 1 is 1.10 bits per heavy atom. The highest BCUT2D eigenvalue weighted by atomic mass is 32.1. The second-order valence-corrected chi connectivity index (χ2v) is 8.48. The molecule has 0 radical (unpaired) electrons. The van der Waals surface area contributed by atoms with E-state index in [2.05, 4.69) is 0 Å². The number of amides is 2. The maximum atomic E-state index is 13.3. The van der Waals surface area contributed by atoms with Crippen LogP contribution in [0, 0.1) is 12.7 Å². The smallest absolute Gasteiger partial charge is 0.264 e. The number of nitrogens with zero attached hydrogens (tertiary/aromatic N) is 2. The van der Waals surface area contributed by atoms with Crippen LogP contribution in [-0.4, -0.2) is 34.2 Å². The Morgan fingerprint density at radius 2 is 1.87 bits per heavy atom. The summed E-state index contributed by atoms with van der Waals surface area (Å²) in [5.41, 5.74) is 0.815. The van der Waals surface area contributed by atoms with Crippen LogP contribution >= 0.6 is 11.3 Å². The van der Waals surface area contributed by atoms with Gasteiger partial charge in [-0.05, 0) is 61.0 Å². The highest BCUT2D eigenvalue weighted by molar-refractivity contribution is 7.12.